The van der Waals surface area contributed by atoms with Crippen LogP contribution in [0.2, 0.25) is 0 Å². The number of amides is 3. The Hall–Kier alpha value is -1.46. The van der Waals surface area contributed by atoms with Crippen molar-refractivity contribution in [3.8, 4) is 0 Å². The Morgan fingerprint density at radius 1 is 1.58 bits per heavy atom. The quantitative estimate of drug-likeness (QED) is 0.545. The smallest absolute Gasteiger partial charge is 0.404 e. The second-order valence-electron chi connectivity index (χ2n) is 2.15. The molecule has 0 radical (unpaired) electrons. The maximum Gasteiger partial charge on any atom is 0.404 e. The Kier molecular flexibility index (Phi) is 4.59. The van der Waals surface area contributed by atoms with E-state index in [1.807, 2.05) is 0 Å². The van der Waals surface area contributed by atoms with E-state index in [-0.39, 0.29) is 6.54 Å². The number of nitrogens with zero attached hydrogens (tertiary/aromatic N) is 1. The number of carboxylic acid groups (broad SMARTS) is 1. The molecule has 0 atom stereocenters. The third-order valence-electron chi connectivity index (χ3n) is 1.35. The number of hydrogen-bond acceptors (Lipinski definition) is 2. The summed E-state index contributed by atoms with van der Waals surface area (Å²) in [5.74, 6) is 0. The summed E-state index contributed by atoms with van der Waals surface area (Å²) in [5.41, 5.74) is 4.98. The van der Waals surface area contributed by atoms with Crippen LogP contribution < -0.4 is 11.1 Å². The highest BCUT2D eigenvalue weighted by atomic mass is 16.4. The van der Waals surface area contributed by atoms with E-state index in [4.69, 9.17) is 10.8 Å². The van der Waals surface area contributed by atoms with Gasteiger partial charge >= 0.3 is 12.1 Å². The van der Waals surface area contributed by atoms with Crippen molar-refractivity contribution in [2.75, 3.05) is 19.6 Å². The molecule has 0 aromatic heterocycles. The molecule has 0 fully saturated rings. The minimum atomic E-state index is -1.10. The number of hydrogen-bond donors (Lipinski definition) is 3. The van der Waals surface area contributed by atoms with Crippen LogP contribution in [0.4, 0.5) is 9.59 Å². The van der Waals surface area contributed by atoms with Gasteiger partial charge in [-0.25, -0.2) is 9.59 Å². The zero-order chi connectivity index (χ0) is 9.56. The van der Waals surface area contributed by atoms with Crippen molar-refractivity contribution >= 4 is 12.1 Å². The number of carbonyl (C=O) groups is 2. The highest BCUT2D eigenvalue weighted by molar-refractivity contribution is 5.72. The van der Waals surface area contributed by atoms with Crippen molar-refractivity contribution in [3.05, 3.63) is 0 Å². The molecule has 3 amide bonds. The fourth-order valence-corrected chi connectivity index (χ4v) is 0.722. The lowest BCUT2D eigenvalue weighted by atomic mass is 10.5. The first-order valence-electron chi connectivity index (χ1n) is 3.59. The minimum Gasteiger partial charge on any atom is -0.465 e. The lowest BCUT2D eigenvalue weighted by molar-refractivity contribution is 0.189. The van der Waals surface area contributed by atoms with Gasteiger partial charge in [-0.1, -0.05) is 0 Å². The second-order valence-corrected chi connectivity index (χ2v) is 2.15. The molecule has 0 aliphatic rings. The molecule has 4 N–H and O–H groups in total. The van der Waals surface area contributed by atoms with E-state index in [1.54, 1.807) is 6.92 Å². The zero-order valence-corrected chi connectivity index (χ0v) is 6.91. The first-order chi connectivity index (χ1) is 5.57. The van der Waals surface area contributed by atoms with Crippen LogP contribution in [0.15, 0.2) is 0 Å². The highest BCUT2D eigenvalue weighted by Gasteiger charge is 2.05. The summed E-state index contributed by atoms with van der Waals surface area (Å²) in [6.07, 6.45) is -1.10. The van der Waals surface area contributed by atoms with Gasteiger partial charge in [-0.15, -0.1) is 0 Å². The molecule has 6 nitrogen and oxygen atoms in total. The van der Waals surface area contributed by atoms with Crippen molar-refractivity contribution in [1.29, 1.82) is 0 Å². The van der Waals surface area contributed by atoms with Crippen molar-refractivity contribution in [2.24, 2.45) is 5.73 Å². The molecule has 12 heavy (non-hydrogen) atoms. The fraction of sp³-hybridized carbons (Fsp3) is 0.667. The van der Waals surface area contributed by atoms with Crippen LogP contribution in [-0.2, 0) is 0 Å². The van der Waals surface area contributed by atoms with E-state index >= 15 is 0 Å². The van der Waals surface area contributed by atoms with Crippen LogP contribution in [-0.4, -0.2) is 41.8 Å². The van der Waals surface area contributed by atoms with Crippen LogP contribution in [0, 0.1) is 0 Å². The summed E-state index contributed by atoms with van der Waals surface area (Å²) in [7, 11) is 0. The molecule has 0 rings (SSSR count). The molecule has 0 aromatic rings. The molecule has 0 saturated carbocycles. The minimum absolute atomic E-state index is 0.201. The molecule has 0 aromatic carbocycles. The third-order valence-corrected chi connectivity index (χ3v) is 1.35. The number of likely N-dealkylation sites (N-methyl/N-ethyl adjacent to an activating group) is 1. The molecule has 6 heteroatoms. The number of carbonyl (C=O) groups excluding carboxylic acids is 1. The molecule has 0 aliphatic heterocycles. The fourth-order valence-electron chi connectivity index (χ4n) is 0.722. The molecule has 0 heterocycles. The van der Waals surface area contributed by atoms with E-state index in [2.05, 4.69) is 5.32 Å². The summed E-state index contributed by atoms with van der Waals surface area (Å²) in [6.45, 7) is 2.76. The maximum atomic E-state index is 10.6. The second kappa shape index (κ2) is 5.22. The molecule has 0 saturated heterocycles. The number of nitrogens with one attached hydrogen (secondary N) is 1. The highest BCUT2D eigenvalue weighted by Crippen LogP contribution is 1.84. The van der Waals surface area contributed by atoms with Gasteiger partial charge < -0.3 is 21.1 Å². The first kappa shape index (κ1) is 10.5. The molecular formula is C6H13N3O3. The number of urea groups is 1. The lowest BCUT2D eigenvalue weighted by Gasteiger charge is -2.17. The van der Waals surface area contributed by atoms with Gasteiger partial charge in [0.15, 0.2) is 0 Å². The Labute approximate surface area is 70.3 Å². The van der Waals surface area contributed by atoms with Gasteiger partial charge in [0, 0.05) is 19.6 Å². The largest absolute Gasteiger partial charge is 0.465 e. The zero-order valence-electron chi connectivity index (χ0n) is 6.91. The van der Waals surface area contributed by atoms with Crippen LogP contribution in [0.5, 0.6) is 0 Å². The molecule has 0 bridgehead atoms. The molecule has 70 valence electrons. The first-order valence-corrected chi connectivity index (χ1v) is 3.59. The third kappa shape index (κ3) is 4.37. The van der Waals surface area contributed by atoms with Crippen molar-refractivity contribution in [1.82, 2.24) is 10.2 Å². The number of nitrogens with two attached hydrogens (primary N) is 1. The van der Waals surface area contributed by atoms with Crippen molar-refractivity contribution in [2.45, 2.75) is 6.92 Å². The monoisotopic (exact) mass is 175 g/mol. The van der Waals surface area contributed by atoms with Crippen LogP contribution in [0.1, 0.15) is 6.92 Å². The number of rotatable bonds is 4. The van der Waals surface area contributed by atoms with E-state index in [1.165, 1.54) is 4.90 Å². The molecule has 0 unspecified atom stereocenters. The van der Waals surface area contributed by atoms with Gasteiger partial charge in [-0.3, -0.25) is 0 Å². The van der Waals surface area contributed by atoms with E-state index in [0.717, 1.165) is 0 Å². The summed E-state index contributed by atoms with van der Waals surface area (Å²) < 4.78 is 0. The Balaban J connectivity index is 3.59. The van der Waals surface area contributed by atoms with E-state index in [9.17, 15) is 9.59 Å². The Morgan fingerprint density at radius 2 is 2.17 bits per heavy atom. The Morgan fingerprint density at radius 3 is 2.50 bits per heavy atom. The molecule has 0 aliphatic carbocycles. The SMILES string of the molecule is CCN(CCNC(=O)O)C(N)=O. The summed E-state index contributed by atoms with van der Waals surface area (Å²) in [5, 5.41) is 10.3. The van der Waals surface area contributed by atoms with Gasteiger partial charge in [-0.2, -0.15) is 0 Å². The van der Waals surface area contributed by atoms with E-state index < -0.39 is 12.1 Å². The maximum absolute atomic E-state index is 10.6. The topological polar surface area (TPSA) is 95.7 Å². The average Bonchev–Trinajstić information content (AvgIpc) is 1.96. The van der Waals surface area contributed by atoms with Gasteiger partial charge in [0.2, 0.25) is 0 Å². The Bertz CT molecular complexity index is 171. The lowest BCUT2D eigenvalue weighted by Crippen LogP contribution is -2.40. The van der Waals surface area contributed by atoms with Gasteiger partial charge in [0.1, 0.15) is 0 Å². The number of primary amides is 1. The molecular weight excluding hydrogens is 162 g/mol. The van der Waals surface area contributed by atoms with Gasteiger partial charge in [0.25, 0.3) is 0 Å². The average molecular weight is 175 g/mol. The van der Waals surface area contributed by atoms with Crippen LogP contribution in [0.25, 0.3) is 0 Å². The van der Waals surface area contributed by atoms with Gasteiger partial charge in [-0.05, 0) is 6.92 Å². The van der Waals surface area contributed by atoms with Crippen LogP contribution in [0.3, 0.4) is 0 Å². The predicted molar refractivity (Wildman–Crippen MR) is 42.9 cm³/mol. The van der Waals surface area contributed by atoms with Crippen molar-refractivity contribution < 1.29 is 14.7 Å². The van der Waals surface area contributed by atoms with E-state index in [0.29, 0.717) is 13.1 Å². The standard InChI is InChI=1S/C6H13N3O3/c1-2-9(5(7)10)4-3-8-6(11)12/h8H,2-4H2,1H3,(H2,7,10)(H,11,12). The summed E-state index contributed by atoms with van der Waals surface area (Å²) >= 11 is 0. The molecule has 0 spiro atoms. The summed E-state index contributed by atoms with van der Waals surface area (Å²) in [4.78, 5) is 21.9. The van der Waals surface area contributed by atoms with Crippen LogP contribution >= 0.6 is 0 Å². The summed E-state index contributed by atoms with van der Waals surface area (Å²) in [6, 6.07) is -0.537. The van der Waals surface area contributed by atoms with Crippen molar-refractivity contribution in [3.63, 3.8) is 0 Å². The normalized spacial score (nSPS) is 9.08. The predicted octanol–water partition coefficient (Wildman–Crippen LogP) is -0.345. The van der Waals surface area contributed by atoms with Gasteiger partial charge in [0.05, 0.1) is 0 Å².